The summed E-state index contributed by atoms with van der Waals surface area (Å²) in [5, 5.41) is 9.09. The normalized spacial score (nSPS) is 15.3. The van der Waals surface area contributed by atoms with E-state index in [9.17, 15) is 0 Å². The summed E-state index contributed by atoms with van der Waals surface area (Å²) in [6.45, 7) is 1.79. The van der Waals surface area contributed by atoms with Crippen LogP contribution in [0.15, 0.2) is 30.3 Å². The molecule has 1 unspecified atom stereocenters. The molecule has 0 fully saturated rings. The molecule has 0 aliphatic heterocycles. The van der Waals surface area contributed by atoms with E-state index in [1.54, 1.807) is 6.92 Å². The van der Waals surface area contributed by atoms with Crippen LogP contribution in [0.25, 0.3) is 0 Å². The minimum atomic E-state index is -0.255. The monoisotopic (exact) mass is 179 g/mol. The average molecular weight is 179 g/mol. The molecule has 2 atom stereocenters. The zero-order valence-corrected chi connectivity index (χ0v) is 7.98. The molecule has 13 heavy (non-hydrogen) atoms. The highest BCUT2D eigenvalue weighted by molar-refractivity contribution is 5.18. The lowest BCUT2D eigenvalue weighted by atomic mass is 10.0. The SMILES string of the molecule is C[C@H](O)CCC(N)c1ccccc1. The number of benzene rings is 1. The first-order chi connectivity index (χ1) is 6.20. The first-order valence-corrected chi connectivity index (χ1v) is 4.68. The van der Waals surface area contributed by atoms with Crippen LogP contribution >= 0.6 is 0 Å². The summed E-state index contributed by atoms with van der Waals surface area (Å²) < 4.78 is 0. The third kappa shape index (κ3) is 3.57. The summed E-state index contributed by atoms with van der Waals surface area (Å²) in [4.78, 5) is 0. The molecule has 2 nitrogen and oxygen atoms in total. The summed E-state index contributed by atoms with van der Waals surface area (Å²) in [5.41, 5.74) is 7.07. The Balaban J connectivity index is 2.44. The van der Waals surface area contributed by atoms with Gasteiger partial charge in [-0.15, -0.1) is 0 Å². The second-order valence-electron chi connectivity index (χ2n) is 3.44. The highest BCUT2D eigenvalue weighted by Crippen LogP contribution is 2.15. The van der Waals surface area contributed by atoms with Crippen LogP contribution in [0.2, 0.25) is 0 Å². The lowest BCUT2D eigenvalue weighted by Gasteiger charge is -2.12. The fourth-order valence-electron chi connectivity index (χ4n) is 1.29. The van der Waals surface area contributed by atoms with Gasteiger partial charge in [-0.05, 0) is 25.3 Å². The van der Waals surface area contributed by atoms with E-state index < -0.39 is 0 Å². The molecule has 0 spiro atoms. The number of hydrogen-bond donors (Lipinski definition) is 2. The number of rotatable bonds is 4. The Morgan fingerprint density at radius 3 is 2.38 bits per heavy atom. The Bertz CT molecular complexity index is 233. The van der Waals surface area contributed by atoms with Gasteiger partial charge < -0.3 is 10.8 Å². The number of aliphatic hydroxyl groups is 1. The van der Waals surface area contributed by atoms with Crippen LogP contribution in [0.5, 0.6) is 0 Å². The summed E-state index contributed by atoms with van der Waals surface area (Å²) in [6, 6.07) is 10.0. The molecule has 0 aliphatic carbocycles. The van der Waals surface area contributed by atoms with Gasteiger partial charge in [0.2, 0.25) is 0 Å². The molecule has 1 aromatic carbocycles. The van der Waals surface area contributed by atoms with Gasteiger partial charge in [0.25, 0.3) is 0 Å². The molecule has 0 bridgehead atoms. The van der Waals surface area contributed by atoms with Crippen LogP contribution in [0.4, 0.5) is 0 Å². The zero-order chi connectivity index (χ0) is 9.68. The fraction of sp³-hybridized carbons (Fsp3) is 0.455. The van der Waals surface area contributed by atoms with E-state index in [0.29, 0.717) is 0 Å². The van der Waals surface area contributed by atoms with Gasteiger partial charge in [-0.25, -0.2) is 0 Å². The third-order valence-electron chi connectivity index (χ3n) is 2.12. The van der Waals surface area contributed by atoms with E-state index in [1.807, 2.05) is 30.3 Å². The van der Waals surface area contributed by atoms with Crippen molar-refractivity contribution in [3.8, 4) is 0 Å². The van der Waals surface area contributed by atoms with Gasteiger partial charge in [0, 0.05) is 6.04 Å². The summed E-state index contributed by atoms with van der Waals surface area (Å²) in [7, 11) is 0. The maximum absolute atomic E-state index is 9.09. The van der Waals surface area contributed by atoms with E-state index in [4.69, 9.17) is 10.8 Å². The molecule has 1 rings (SSSR count). The fourth-order valence-corrected chi connectivity index (χ4v) is 1.29. The summed E-state index contributed by atoms with van der Waals surface area (Å²) in [6.07, 6.45) is 1.34. The van der Waals surface area contributed by atoms with Crippen LogP contribution < -0.4 is 5.73 Å². The molecule has 0 radical (unpaired) electrons. The molecule has 0 amide bonds. The second-order valence-corrected chi connectivity index (χ2v) is 3.44. The van der Waals surface area contributed by atoms with E-state index in [2.05, 4.69) is 0 Å². The Morgan fingerprint density at radius 1 is 1.23 bits per heavy atom. The molecule has 0 saturated heterocycles. The van der Waals surface area contributed by atoms with Crippen molar-refractivity contribution in [3.05, 3.63) is 35.9 Å². The zero-order valence-electron chi connectivity index (χ0n) is 7.98. The molecule has 3 N–H and O–H groups in total. The van der Waals surface area contributed by atoms with Gasteiger partial charge in [-0.1, -0.05) is 30.3 Å². The van der Waals surface area contributed by atoms with Crippen molar-refractivity contribution in [2.24, 2.45) is 5.73 Å². The number of nitrogens with two attached hydrogens (primary N) is 1. The molecule has 72 valence electrons. The second kappa shape index (κ2) is 5.00. The quantitative estimate of drug-likeness (QED) is 0.741. The summed E-state index contributed by atoms with van der Waals surface area (Å²) >= 11 is 0. The van der Waals surface area contributed by atoms with Crippen molar-refractivity contribution < 1.29 is 5.11 Å². The highest BCUT2D eigenvalue weighted by atomic mass is 16.3. The predicted molar refractivity (Wildman–Crippen MR) is 54.3 cm³/mol. The standard InChI is InChI=1S/C11H17NO/c1-9(13)7-8-11(12)10-5-3-2-4-6-10/h2-6,9,11,13H,7-8,12H2,1H3/t9-,11?/m0/s1. The molecular weight excluding hydrogens is 162 g/mol. The topological polar surface area (TPSA) is 46.2 Å². The average Bonchev–Trinajstić information content (AvgIpc) is 2.15. The summed E-state index contributed by atoms with van der Waals surface area (Å²) in [5.74, 6) is 0. The maximum atomic E-state index is 9.09. The van der Waals surface area contributed by atoms with Crippen molar-refractivity contribution in [1.82, 2.24) is 0 Å². The first kappa shape index (κ1) is 10.2. The molecule has 2 heteroatoms. The third-order valence-corrected chi connectivity index (χ3v) is 2.12. The van der Waals surface area contributed by atoms with Crippen molar-refractivity contribution in [2.45, 2.75) is 31.9 Å². The minimum absolute atomic E-state index is 0.0517. The van der Waals surface area contributed by atoms with Crippen LogP contribution in [0, 0.1) is 0 Å². The highest BCUT2D eigenvalue weighted by Gasteiger charge is 2.06. The van der Waals surface area contributed by atoms with E-state index in [1.165, 1.54) is 0 Å². The van der Waals surface area contributed by atoms with Crippen LogP contribution in [-0.2, 0) is 0 Å². The Hall–Kier alpha value is -0.860. The lowest BCUT2D eigenvalue weighted by Crippen LogP contribution is -2.12. The van der Waals surface area contributed by atoms with E-state index in [0.717, 1.165) is 18.4 Å². The minimum Gasteiger partial charge on any atom is -0.393 e. The van der Waals surface area contributed by atoms with Crippen molar-refractivity contribution in [3.63, 3.8) is 0 Å². The molecule has 0 aliphatic rings. The van der Waals surface area contributed by atoms with Gasteiger partial charge in [-0.3, -0.25) is 0 Å². The van der Waals surface area contributed by atoms with Crippen LogP contribution in [-0.4, -0.2) is 11.2 Å². The van der Waals surface area contributed by atoms with Gasteiger partial charge >= 0.3 is 0 Å². The van der Waals surface area contributed by atoms with E-state index in [-0.39, 0.29) is 12.1 Å². The Labute approximate surface area is 79.4 Å². The van der Waals surface area contributed by atoms with Gasteiger partial charge in [-0.2, -0.15) is 0 Å². The predicted octanol–water partition coefficient (Wildman–Crippen LogP) is 1.85. The lowest BCUT2D eigenvalue weighted by molar-refractivity contribution is 0.178. The van der Waals surface area contributed by atoms with Gasteiger partial charge in [0.1, 0.15) is 0 Å². The molecule has 0 saturated carbocycles. The largest absolute Gasteiger partial charge is 0.393 e. The van der Waals surface area contributed by atoms with Gasteiger partial charge in [0.05, 0.1) is 6.10 Å². The van der Waals surface area contributed by atoms with Crippen LogP contribution in [0.1, 0.15) is 31.4 Å². The Morgan fingerprint density at radius 2 is 1.85 bits per heavy atom. The molecule has 0 heterocycles. The molecule has 0 aromatic heterocycles. The maximum Gasteiger partial charge on any atom is 0.0512 e. The van der Waals surface area contributed by atoms with E-state index >= 15 is 0 Å². The van der Waals surface area contributed by atoms with Crippen LogP contribution in [0.3, 0.4) is 0 Å². The molecule has 1 aromatic rings. The van der Waals surface area contributed by atoms with Gasteiger partial charge in [0.15, 0.2) is 0 Å². The van der Waals surface area contributed by atoms with Crippen molar-refractivity contribution in [2.75, 3.05) is 0 Å². The first-order valence-electron chi connectivity index (χ1n) is 4.68. The van der Waals surface area contributed by atoms with Crippen molar-refractivity contribution >= 4 is 0 Å². The number of aliphatic hydroxyl groups excluding tert-OH is 1. The Kier molecular flexibility index (Phi) is 3.93. The number of hydrogen-bond acceptors (Lipinski definition) is 2. The smallest absolute Gasteiger partial charge is 0.0512 e. The van der Waals surface area contributed by atoms with Crippen molar-refractivity contribution in [1.29, 1.82) is 0 Å². The molecular formula is C11H17NO.